The van der Waals surface area contributed by atoms with Crippen LogP contribution in [0.1, 0.15) is 24.8 Å². The lowest BCUT2D eigenvalue weighted by Gasteiger charge is -2.19. The van der Waals surface area contributed by atoms with Crippen LogP contribution in [0.4, 0.5) is 4.79 Å². The molecule has 11 heteroatoms. The molecule has 1 aromatic heterocycles. The maximum Gasteiger partial charge on any atom is 0.328 e. The standard InChI is InChI=1S/C16H13ClN4O6/c17-10-6(4-8-11(22)18-15(26)19-12(8)23)2-1-3-7(10)5-9-13(24)20-16(27)21-14(9)25/h4-5H,1-3H2,(H2,18,19,22,23,26)(H3,20,21,24,25,27)/b7-5+. The molecule has 2 aliphatic rings. The van der Waals surface area contributed by atoms with E-state index in [9.17, 15) is 29.1 Å². The fraction of sp³-hybridized carbons (Fsp3) is 0.188. The Hall–Kier alpha value is -3.40. The summed E-state index contributed by atoms with van der Waals surface area (Å²) in [7, 11) is 0. The molecule has 1 aliphatic carbocycles. The molecular formula is C16H13ClN4O6. The van der Waals surface area contributed by atoms with Crippen molar-refractivity contribution in [2.45, 2.75) is 19.3 Å². The summed E-state index contributed by atoms with van der Waals surface area (Å²) in [4.78, 5) is 61.9. The topological polar surface area (TPSA) is 161 Å². The summed E-state index contributed by atoms with van der Waals surface area (Å²) in [5, 5.41) is 13.9. The highest BCUT2D eigenvalue weighted by Crippen LogP contribution is 2.35. The van der Waals surface area contributed by atoms with Crippen molar-refractivity contribution in [3.05, 3.63) is 54.2 Å². The molecule has 0 saturated carbocycles. The number of H-pyrrole nitrogens is 2. The number of amides is 4. The van der Waals surface area contributed by atoms with E-state index in [1.54, 1.807) is 0 Å². The van der Waals surface area contributed by atoms with Crippen LogP contribution in [0.2, 0.25) is 0 Å². The van der Waals surface area contributed by atoms with Crippen LogP contribution < -0.4 is 21.9 Å². The summed E-state index contributed by atoms with van der Waals surface area (Å²) in [5.41, 5.74) is -1.13. The number of carbonyl (C=O) groups is 3. The number of halogens is 1. The predicted octanol–water partition coefficient (Wildman–Crippen LogP) is 0.121. The molecule has 3 rings (SSSR count). The van der Waals surface area contributed by atoms with Crippen molar-refractivity contribution in [1.82, 2.24) is 20.6 Å². The quantitative estimate of drug-likeness (QED) is 0.355. The Labute approximate surface area is 155 Å². The number of rotatable bonds is 2. The Balaban J connectivity index is 2.04. The normalized spacial score (nSPS) is 19.2. The molecule has 1 saturated heterocycles. The lowest BCUT2D eigenvalue weighted by atomic mass is 9.92. The number of imide groups is 2. The number of nitrogens with one attached hydrogen (secondary N) is 4. The van der Waals surface area contributed by atoms with E-state index in [0.29, 0.717) is 30.4 Å². The van der Waals surface area contributed by atoms with Crippen LogP contribution in [0.5, 0.6) is 5.88 Å². The van der Waals surface area contributed by atoms with Gasteiger partial charge in [0.1, 0.15) is 11.1 Å². The second kappa shape index (κ2) is 7.08. The summed E-state index contributed by atoms with van der Waals surface area (Å²) in [5.74, 6) is -2.28. The average Bonchev–Trinajstić information content (AvgIpc) is 2.56. The fourth-order valence-corrected chi connectivity index (χ4v) is 3.04. The molecule has 4 amide bonds. The molecule has 10 nitrogen and oxygen atoms in total. The Bertz CT molecular complexity index is 1050. The lowest BCUT2D eigenvalue weighted by Crippen LogP contribution is -2.51. The van der Waals surface area contributed by atoms with E-state index in [1.807, 2.05) is 15.6 Å². The molecule has 140 valence electrons. The number of hydrogen-bond donors (Lipinski definition) is 5. The molecule has 5 N–H and O–H groups in total. The van der Waals surface area contributed by atoms with Crippen LogP contribution >= 0.6 is 11.6 Å². The molecule has 1 aromatic rings. The third-order valence-electron chi connectivity index (χ3n) is 4.00. The van der Waals surface area contributed by atoms with E-state index in [0.717, 1.165) is 0 Å². The Kier molecular flexibility index (Phi) is 4.82. The number of allylic oxidation sites excluding steroid dienone is 4. The van der Waals surface area contributed by atoms with Crippen molar-refractivity contribution in [2.75, 3.05) is 0 Å². The number of urea groups is 1. The maximum atomic E-state index is 11.9. The number of carbonyl (C=O) groups excluding carboxylic acids is 3. The maximum absolute atomic E-state index is 11.9. The van der Waals surface area contributed by atoms with Gasteiger partial charge in [0.05, 0.1) is 0 Å². The molecule has 0 atom stereocenters. The first-order valence-electron chi connectivity index (χ1n) is 7.80. The van der Waals surface area contributed by atoms with Gasteiger partial charge in [0.2, 0.25) is 5.88 Å². The molecule has 0 bridgehead atoms. The third-order valence-corrected chi connectivity index (χ3v) is 4.48. The zero-order valence-electron chi connectivity index (χ0n) is 13.6. The van der Waals surface area contributed by atoms with E-state index in [2.05, 4.69) is 4.98 Å². The fourth-order valence-electron chi connectivity index (χ4n) is 2.74. The Morgan fingerprint density at radius 3 is 2.22 bits per heavy atom. The molecule has 0 unspecified atom stereocenters. The summed E-state index contributed by atoms with van der Waals surface area (Å²) < 4.78 is 0. The molecule has 1 fully saturated rings. The average molecular weight is 393 g/mol. The highest BCUT2D eigenvalue weighted by atomic mass is 35.5. The van der Waals surface area contributed by atoms with Crippen LogP contribution in [-0.4, -0.2) is 32.9 Å². The lowest BCUT2D eigenvalue weighted by molar-refractivity contribution is -0.124. The van der Waals surface area contributed by atoms with Crippen molar-refractivity contribution < 1.29 is 19.5 Å². The van der Waals surface area contributed by atoms with Crippen LogP contribution in [0.3, 0.4) is 0 Å². The van der Waals surface area contributed by atoms with E-state index in [-0.39, 0.29) is 16.2 Å². The van der Waals surface area contributed by atoms with Crippen molar-refractivity contribution >= 4 is 35.5 Å². The second-order valence-corrected chi connectivity index (χ2v) is 6.21. The molecule has 27 heavy (non-hydrogen) atoms. The highest BCUT2D eigenvalue weighted by molar-refractivity contribution is 6.33. The number of barbiturate groups is 1. The van der Waals surface area contributed by atoms with E-state index < -0.39 is 35.0 Å². The number of aromatic amines is 2. The van der Waals surface area contributed by atoms with Crippen molar-refractivity contribution in [3.8, 4) is 5.88 Å². The SMILES string of the molecule is O=C1NC(=O)C(=CC2=C(Cl)/C(=C/c3c(O)[nH]c(=O)[nH]c3=O)CCC2)C(=O)N1. The highest BCUT2D eigenvalue weighted by Gasteiger charge is 2.29. The van der Waals surface area contributed by atoms with Crippen molar-refractivity contribution in [1.29, 1.82) is 0 Å². The smallest absolute Gasteiger partial charge is 0.328 e. The first-order valence-corrected chi connectivity index (χ1v) is 8.17. The van der Waals surface area contributed by atoms with Gasteiger partial charge in [0.15, 0.2) is 0 Å². The molecule has 1 aliphatic heterocycles. The third kappa shape index (κ3) is 3.75. The minimum absolute atomic E-state index is 0.171. The number of aromatic nitrogens is 2. The van der Waals surface area contributed by atoms with Gasteiger partial charge in [-0.1, -0.05) is 11.6 Å². The first kappa shape index (κ1) is 18.4. The molecule has 0 aromatic carbocycles. The van der Waals surface area contributed by atoms with Gasteiger partial charge in [0.25, 0.3) is 17.4 Å². The first-order chi connectivity index (χ1) is 12.8. The van der Waals surface area contributed by atoms with Gasteiger partial charge in [-0.05, 0) is 42.6 Å². The van der Waals surface area contributed by atoms with Gasteiger partial charge >= 0.3 is 11.7 Å². The molecule has 2 heterocycles. The summed E-state index contributed by atoms with van der Waals surface area (Å²) in [6.07, 6.45) is 4.14. The van der Waals surface area contributed by atoms with Gasteiger partial charge in [-0.25, -0.2) is 9.59 Å². The molecule has 0 radical (unpaired) electrons. The van der Waals surface area contributed by atoms with Crippen LogP contribution in [0, 0.1) is 0 Å². The van der Waals surface area contributed by atoms with E-state index >= 15 is 0 Å². The van der Waals surface area contributed by atoms with Gasteiger partial charge in [-0.2, -0.15) is 0 Å². The summed E-state index contributed by atoms with van der Waals surface area (Å²) in [6.45, 7) is 0. The molecule has 0 spiro atoms. The largest absolute Gasteiger partial charge is 0.494 e. The zero-order valence-corrected chi connectivity index (χ0v) is 14.4. The predicted molar refractivity (Wildman–Crippen MR) is 93.8 cm³/mol. The van der Waals surface area contributed by atoms with Gasteiger partial charge in [0, 0.05) is 5.03 Å². The number of aromatic hydroxyl groups is 1. The monoisotopic (exact) mass is 392 g/mol. The minimum atomic E-state index is -0.903. The Morgan fingerprint density at radius 1 is 0.926 bits per heavy atom. The summed E-state index contributed by atoms with van der Waals surface area (Å²) >= 11 is 6.35. The van der Waals surface area contributed by atoms with Crippen LogP contribution in [0.25, 0.3) is 6.08 Å². The van der Waals surface area contributed by atoms with Crippen LogP contribution in [0.15, 0.2) is 37.4 Å². The van der Waals surface area contributed by atoms with Gasteiger partial charge in [-0.15, -0.1) is 0 Å². The van der Waals surface area contributed by atoms with Gasteiger partial charge < -0.3 is 5.11 Å². The van der Waals surface area contributed by atoms with E-state index in [4.69, 9.17) is 11.6 Å². The van der Waals surface area contributed by atoms with Crippen molar-refractivity contribution in [2.24, 2.45) is 0 Å². The van der Waals surface area contributed by atoms with Gasteiger partial charge in [-0.3, -0.25) is 35.0 Å². The molecular weight excluding hydrogens is 380 g/mol. The minimum Gasteiger partial charge on any atom is -0.494 e. The number of hydrogen-bond acceptors (Lipinski definition) is 6. The summed E-state index contributed by atoms with van der Waals surface area (Å²) in [6, 6.07) is -0.903. The second-order valence-electron chi connectivity index (χ2n) is 5.83. The Morgan fingerprint density at radius 2 is 1.59 bits per heavy atom. The van der Waals surface area contributed by atoms with Crippen molar-refractivity contribution in [3.63, 3.8) is 0 Å². The zero-order chi connectivity index (χ0) is 19.7. The van der Waals surface area contributed by atoms with E-state index in [1.165, 1.54) is 12.2 Å². The van der Waals surface area contributed by atoms with Crippen LogP contribution in [-0.2, 0) is 9.59 Å².